The molecule has 1 unspecified atom stereocenters. The van der Waals surface area contributed by atoms with Crippen LogP contribution in [0.5, 0.6) is 0 Å². The Bertz CT molecular complexity index is 387. The standard InChI is InChI=1S/C13H17IN2O/c14-11-4-1-3-10(9-11)13(17)16-12-5-2-7-15-8-6-12/h1,3-4,9,12,15H,2,5-8H2,(H,16,17). The molecule has 0 spiro atoms. The maximum absolute atomic E-state index is 12.0. The van der Waals surface area contributed by atoms with Crippen LogP contribution in [0.2, 0.25) is 0 Å². The minimum Gasteiger partial charge on any atom is -0.349 e. The van der Waals surface area contributed by atoms with E-state index in [1.165, 1.54) is 0 Å². The van der Waals surface area contributed by atoms with Gasteiger partial charge in [0.25, 0.3) is 5.91 Å². The van der Waals surface area contributed by atoms with E-state index in [1.807, 2.05) is 24.3 Å². The summed E-state index contributed by atoms with van der Waals surface area (Å²) in [7, 11) is 0. The zero-order valence-electron chi connectivity index (χ0n) is 9.71. The first-order valence-corrected chi connectivity index (χ1v) is 7.11. The van der Waals surface area contributed by atoms with Gasteiger partial charge in [0.1, 0.15) is 0 Å². The van der Waals surface area contributed by atoms with Gasteiger partial charge in [-0.25, -0.2) is 0 Å². The van der Waals surface area contributed by atoms with Gasteiger partial charge in [-0.15, -0.1) is 0 Å². The molecule has 0 bridgehead atoms. The van der Waals surface area contributed by atoms with Crippen molar-refractivity contribution in [2.45, 2.75) is 25.3 Å². The second-order valence-corrected chi connectivity index (χ2v) is 5.61. The fourth-order valence-corrected chi connectivity index (χ4v) is 2.60. The Morgan fingerprint density at radius 3 is 3.06 bits per heavy atom. The Labute approximate surface area is 116 Å². The molecule has 1 atom stereocenters. The van der Waals surface area contributed by atoms with Crippen molar-refractivity contribution in [3.05, 3.63) is 33.4 Å². The van der Waals surface area contributed by atoms with Gasteiger partial charge in [0, 0.05) is 15.2 Å². The first-order valence-electron chi connectivity index (χ1n) is 6.03. The second kappa shape index (κ2) is 6.35. The predicted molar refractivity (Wildman–Crippen MR) is 77.1 cm³/mol. The zero-order valence-corrected chi connectivity index (χ0v) is 11.9. The molecule has 92 valence electrons. The zero-order chi connectivity index (χ0) is 12.1. The molecular weight excluding hydrogens is 327 g/mol. The van der Waals surface area contributed by atoms with Crippen LogP contribution in [-0.4, -0.2) is 25.0 Å². The summed E-state index contributed by atoms with van der Waals surface area (Å²) in [5.41, 5.74) is 0.758. The molecule has 0 aliphatic carbocycles. The van der Waals surface area contributed by atoms with Gasteiger partial charge in [-0.2, -0.15) is 0 Å². The molecular formula is C13H17IN2O. The molecule has 1 aromatic rings. The number of carbonyl (C=O) groups is 1. The van der Waals surface area contributed by atoms with Crippen LogP contribution in [0.15, 0.2) is 24.3 Å². The van der Waals surface area contributed by atoms with Crippen molar-refractivity contribution in [1.29, 1.82) is 0 Å². The van der Waals surface area contributed by atoms with Gasteiger partial charge < -0.3 is 10.6 Å². The first-order chi connectivity index (χ1) is 8.25. The van der Waals surface area contributed by atoms with Gasteiger partial charge in [0.05, 0.1) is 0 Å². The number of hydrogen-bond acceptors (Lipinski definition) is 2. The highest BCUT2D eigenvalue weighted by Gasteiger charge is 2.15. The van der Waals surface area contributed by atoms with Crippen molar-refractivity contribution >= 4 is 28.5 Å². The summed E-state index contributed by atoms with van der Waals surface area (Å²) in [6.07, 6.45) is 3.23. The lowest BCUT2D eigenvalue weighted by Gasteiger charge is -2.15. The van der Waals surface area contributed by atoms with Gasteiger partial charge in [-0.1, -0.05) is 6.07 Å². The van der Waals surface area contributed by atoms with Crippen molar-refractivity contribution in [3.8, 4) is 0 Å². The van der Waals surface area contributed by atoms with E-state index in [4.69, 9.17) is 0 Å². The van der Waals surface area contributed by atoms with Crippen LogP contribution in [0, 0.1) is 3.57 Å². The lowest BCUT2D eigenvalue weighted by Crippen LogP contribution is -2.35. The second-order valence-electron chi connectivity index (χ2n) is 4.36. The van der Waals surface area contributed by atoms with Gasteiger partial charge in [-0.05, 0) is 73.1 Å². The van der Waals surface area contributed by atoms with E-state index >= 15 is 0 Å². The van der Waals surface area contributed by atoms with E-state index in [1.54, 1.807) is 0 Å². The molecule has 2 rings (SSSR count). The van der Waals surface area contributed by atoms with Crippen LogP contribution in [0.4, 0.5) is 0 Å². The molecule has 1 aliphatic heterocycles. The van der Waals surface area contributed by atoms with Crippen molar-refractivity contribution in [2.75, 3.05) is 13.1 Å². The maximum atomic E-state index is 12.0. The maximum Gasteiger partial charge on any atom is 0.251 e. The number of hydrogen-bond donors (Lipinski definition) is 2. The third-order valence-electron chi connectivity index (χ3n) is 3.00. The third-order valence-corrected chi connectivity index (χ3v) is 3.67. The fourth-order valence-electron chi connectivity index (χ4n) is 2.06. The number of carbonyl (C=O) groups excluding carboxylic acids is 1. The molecule has 1 amide bonds. The van der Waals surface area contributed by atoms with E-state index in [0.29, 0.717) is 6.04 Å². The Hall–Kier alpha value is -0.620. The van der Waals surface area contributed by atoms with Crippen molar-refractivity contribution in [2.24, 2.45) is 0 Å². The molecule has 1 aliphatic rings. The lowest BCUT2D eigenvalue weighted by molar-refractivity contribution is 0.0934. The molecule has 1 heterocycles. The SMILES string of the molecule is O=C(NC1CCCNCC1)c1cccc(I)c1. The van der Waals surface area contributed by atoms with E-state index in [9.17, 15) is 4.79 Å². The van der Waals surface area contributed by atoms with Gasteiger partial charge in [0.15, 0.2) is 0 Å². The van der Waals surface area contributed by atoms with Crippen LogP contribution in [-0.2, 0) is 0 Å². The average molecular weight is 344 g/mol. The highest BCUT2D eigenvalue weighted by atomic mass is 127. The van der Waals surface area contributed by atoms with Crippen LogP contribution < -0.4 is 10.6 Å². The largest absolute Gasteiger partial charge is 0.349 e. The Kier molecular flexibility index (Phi) is 4.79. The van der Waals surface area contributed by atoms with E-state index < -0.39 is 0 Å². The van der Waals surface area contributed by atoms with Crippen LogP contribution in [0.3, 0.4) is 0 Å². The fraction of sp³-hybridized carbons (Fsp3) is 0.462. The van der Waals surface area contributed by atoms with Gasteiger partial charge in [-0.3, -0.25) is 4.79 Å². The van der Waals surface area contributed by atoms with E-state index in [2.05, 4.69) is 33.2 Å². The Balaban J connectivity index is 1.96. The minimum absolute atomic E-state index is 0.0513. The third kappa shape index (κ3) is 3.96. The summed E-state index contributed by atoms with van der Waals surface area (Å²) in [4.78, 5) is 12.0. The normalized spacial score (nSPS) is 20.6. The quantitative estimate of drug-likeness (QED) is 0.808. The number of rotatable bonds is 2. The first kappa shape index (κ1) is 12.8. The van der Waals surface area contributed by atoms with Gasteiger partial charge in [0.2, 0.25) is 0 Å². The van der Waals surface area contributed by atoms with Crippen molar-refractivity contribution in [3.63, 3.8) is 0 Å². The molecule has 3 nitrogen and oxygen atoms in total. The van der Waals surface area contributed by atoms with Crippen molar-refractivity contribution in [1.82, 2.24) is 10.6 Å². The van der Waals surface area contributed by atoms with Gasteiger partial charge >= 0.3 is 0 Å². The topological polar surface area (TPSA) is 41.1 Å². The predicted octanol–water partition coefficient (Wildman–Crippen LogP) is 2.16. The number of halogens is 1. The summed E-state index contributed by atoms with van der Waals surface area (Å²) in [5, 5.41) is 6.47. The molecule has 2 N–H and O–H groups in total. The number of amides is 1. The molecule has 0 saturated carbocycles. The molecule has 0 radical (unpaired) electrons. The molecule has 0 aromatic heterocycles. The van der Waals surface area contributed by atoms with Crippen LogP contribution in [0.1, 0.15) is 29.6 Å². The lowest BCUT2D eigenvalue weighted by atomic mass is 10.1. The average Bonchev–Trinajstić information content (AvgIpc) is 2.57. The van der Waals surface area contributed by atoms with Crippen molar-refractivity contribution < 1.29 is 4.79 Å². The van der Waals surface area contributed by atoms with Crippen LogP contribution >= 0.6 is 22.6 Å². The van der Waals surface area contributed by atoms with E-state index in [-0.39, 0.29) is 5.91 Å². The molecule has 17 heavy (non-hydrogen) atoms. The Morgan fingerprint density at radius 2 is 2.24 bits per heavy atom. The summed E-state index contributed by atoms with van der Waals surface area (Å²) >= 11 is 2.23. The summed E-state index contributed by atoms with van der Waals surface area (Å²) < 4.78 is 1.10. The molecule has 1 fully saturated rings. The number of benzene rings is 1. The Morgan fingerprint density at radius 1 is 1.35 bits per heavy atom. The highest BCUT2D eigenvalue weighted by molar-refractivity contribution is 14.1. The monoisotopic (exact) mass is 344 g/mol. The molecule has 4 heteroatoms. The van der Waals surface area contributed by atoms with E-state index in [0.717, 1.165) is 41.5 Å². The minimum atomic E-state index is 0.0513. The summed E-state index contributed by atoms with van der Waals surface area (Å²) in [5.74, 6) is 0.0513. The molecule has 1 saturated heterocycles. The van der Waals surface area contributed by atoms with Crippen LogP contribution in [0.25, 0.3) is 0 Å². The number of nitrogens with one attached hydrogen (secondary N) is 2. The highest BCUT2D eigenvalue weighted by Crippen LogP contribution is 2.10. The molecule has 1 aromatic carbocycles. The summed E-state index contributed by atoms with van der Waals surface area (Å²) in [6.45, 7) is 2.06. The summed E-state index contributed by atoms with van der Waals surface area (Å²) in [6, 6.07) is 8.02. The smallest absolute Gasteiger partial charge is 0.251 e.